The minimum absolute atomic E-state index is 0.0609. The van der Waals surface area contributed by atoms with E-state index in [4.69, 9.17) is 11.6 Å². The van der Waals surface area contributed by atoms with Crippen molar-refractivity contribution in [2.45, 2.75) is 53.0 Å². The van der Waals surface area contributed by atoms with Gasteiger partial charge < -0.3 is 10.2 Å². The fourth-order valence-electron chi connectivity index (χ4n) is 3.70. The van der Waals surface area contributed by atoms with Crippen LogP contribution in [0.4, 0.5) is 0 Å². The lowest BCUT2D eigenvalue weighted by atomic mass is 9.93. The molecule has 6 nitrogen and oxygen atoms in total. The van der Waals surface area contributed by atoms with Crippen molar-refractivity contribution >= 4 is 23.4 Å². The third-order valence-electron chi connectivity index (χ3n) is 5.26. The van der Waals surface area contributed by atoms with Crippen molar-refractivity contribution < 1.29 is 9.59 Å². The molecular formula is C22H29ClN4O2. The lowest BCUT2D eigenvalue weighted by Gasteiger charge is -2.36. The van der Waals surface area contributed by atoms with Gasteiger partial charge in [0, 0.05) is 29.6 Å². The van der Waals surface area contributed by atoms with Crippen LogP contribution < -0.4 is 5.32 Å². The minimum atomic E-state index is -0.374. The number of carbonyl (C=O) groups excluding carboxylic acids is 2. The van der Waals surface area contributed by atoms with E-state index >= 15 is 0 Å². The average molecular weight is 417 g/mol. The van der Waals surface area contributed by atoms with Crippen molar-refractivity contribution in [3.05, 3.63) is 46.7 Å². The standard InChI is InChI=1S/C22H29ClN4O2/c1-5-19-18(14-24-27(19)17-8-6-7-15(23)13-17)20(28)25-16-9-11-26(12-10-16)21(29)22(2,3)4/h6-8,13-14,16H,5,9-12H2,1-4H3,(H,25,28). The molecule has 0 radical (unpaired) electrons. The number of piperidine rings is 1. The van der Waals surface area contributed by atoms with Gasteiger partial charge in [-0.05, 0) is 37.5 Å². The highest BCUT2D eigenvalue weighted by Gasteiger charge is 2.31. The first-order valence-corrected chi connectivity index (χ1v) is 10.5. The molecule has 29 heavy (non-hydrogen) atoms. The Morgan fingerprint density at radius 1 is 1.24 bits per heavy atom. The molecule has 156 valence electrons. The van der Waals surface area contributed by atoms with Crippen LogP contribution in [-0.4, -0.2) is 45.6 Å². The van der Waals surface area contributed by atoms with E-state index in [1.807, 2.05) is 56.9 Å². The summed E-state index contributed by atoms with van der Waals surface area (Å²) in [5, 5.41) is 8.17. The highest BCUT2D eigenvalue weighted by Crippen LogP contribution is 2.22. The lowest BCUT2D eigenvalue weighted by Crippen LogP contribution is -2.49. The maximum atomic E-state index is 12.9. The van der Waals surface area contributed by atoms with Crippen molar-refractivity contribution in [1.82, 2.24) is 20.0 Å². The Morgan fingerprint density at radius 3 is 2.52 bits per heavy atom. The molecule has 2 heterocycles. The second-order valence-corrected chi connectivity index (χ2v) is 8.98. The molecule has 0 aliphatic carbocycles. The van der Waals surface area contributed by atoms with E-state index in [0.29, 0.717) is 30.1 Å². The number of hydrogen-bond donors (Lipinski definition) is 1. The van der Waals surface area contributed by atoms with Gasteiger partial charge in [0.15, 0.2) is 0 Å². The van der Waals surface area contributed by atoms with E-state index in [1.165, 1.54) is 0 Å². The number of benzene rings is 1. The predicted molar refractivity (Wildman–Crippen MR) is 114 cm³/mol. The fraction of sp³-hybridized carbons (Fsp3) is 0.500. The van der Waals surface area contributed by atoms with Crippen molar-refractivity contribution in [3.8, 4) is 5.69 Å². The first-order chi connectivity index (χ1) is 13.7. The molecule has 0 atom stereocenters. The fourth-order valence-corrected chi connectivity index (χ4v) is 3.88. The smallest absolute Gasteiger partial charge is 0.254 e. The Balaban J connectivity index is 1.67. The summed E-state index contributed by atoms with van der Waals surface area (Å²) in [6.45, 7) is 9.16. The third-order valence-corrected chi connectivity index (χ3v) is 5.50. The summed E-state index contributed by atoms with van der Waals surface area (Å²) in [6, 6.07) is 7.49. The molecule has 1 aliphatic heterocycles. The number of carbonyl (C=O) groups is 2. The molecule has 0 unspecified atom stereocenters. The van der Waals surface area contributed by atoms with Gasteiger partial charge in [0.2, 0.25) is 5.91 Å². The van der Waals surface area contributed by atoms with E-state index in [2.05, 4.69) is 10.4 Å². The number of likely N-dealkylation sites (tertiary alicyclic amines) is 1. The van der Waals surface area contributed by atoms with Gasteiger partial charge in [0.25, 0.3) is 5.91 Å². The van der Waals surface area contributed by atoms with E-state index in [0.717, 1.165) is 24.2 Å². The monoisotopic (exact) mass is 416 g/mol. The topological polar surface area (TPSA) is 67.2 Å². The normalized spacial score (nSPS) is 15.4. The molecule has 7 heteroatoms. The number of hydrogen-bond acceptors (Lipinski definition) is 3. The molecular weight excluding hydrogens is 388 g/mol. The summed E-state index contributed by atoms with van der Waals surface area (Å²) in [5.74, 6) is 0.0501. The molecule has 1 aromatic carbocycles. The van der Waals surface area contributed by atoms with E-state index in [-0.39, 0.29) is 23.3 Å². The number of amides is 2. The number of nitrogens with one attached hydrogen (secondary N) is 1. The molecule has 0 saturated carbocycles. The molecule has 2 amide bonds. The SMILES string of the molecule is CCc1c(C(=O)NC2CCN(C(=O)C(C)(C)C)CC2)cnn1-c1cccc(Cl)c1. The van der Waals surface area contributed by atoms with Crippen LogP contribution >= 0.6 is 11.6 Å². The van der Waals surface area contributed by atoms with Gasteiger partial charge in [-0.3, -0.25) is 9.59 Å². The number of halogens is 1. The zero-order valence-electron chi connectivity index (χ0n) is 17.5. The average Bonchev–Trinajstić information content (AvgIpc) is 3.11. The van der Waals surface area contributed by atoms with Crippen molar-refractivity contribution in [2.75, 3.05) is 13.1 Å². The van der Waals surface area contributed by atoms with Crippen LogP contribution in [0.1, 0.15) is 56.6 Å². The molecule has 1 aromatic heterocycles. The highest BCUT2D eigenvalue weighted by atomic mass is 35.5. The van der Waals surface area contributed by atoms with Crippen LogP contribution in [0.25, 0.3) is 5.69 Å². The zero-order chi connectivity index (χ0) is 21.2. The van der Waals surface area contributed by atoms with Crippen molar-refractivity contribution in [2.24, 2.45) is 5.41 Å². The summed E-state index contributed by atoms with van der Waals surface area (Å²) in [4.78, 5) is 27.2. The number of rotatable bonds is 4. The van der Waals surface area contributed by atoms with Crippen LogP contribution in [0.2, 0.25) is 5.02 Å². The lowest BCUT2D eigenvalue weighted by molar-refractivity contribution is -0.140. The number of nitrogens with zero attached hydrogens (tertiary/aromatic N) is 3. The van der Waals surface area contributed by atoms with Crippen molar-refractivity contribution in [1.29, 1.82) is 0 Å². The van der Waals surface area contributed by atoms with Crippen LogP contribution in [-0.2, 0) is 11.2 Å². The molecule has 1 N–H and O–H groups in total. The summed E-state index contributed by atoms with van der Waals surface area (Å²) >= 11 is 6.10. The molecule has 1 aliphatic rings. The summed E-state index contributed by atoms with van der Waals surface area (Å²) < 4.78 is 1.77. The van der Waals surface area contributed by atoms with Gasteiger partial charge in [-0.15, -0.1) is 0 Å². The highest BCUT2D eigenvalue weighted by molar-refractivity contribution is 6.30. The third kappa shape index (κ3) is 4.81. The zero-order valence-corrected chi connectivity index (χ0v) is 18.3. The Hall–Kier alpha value is -2.34. The number of aromatic nitrogens is 2. The molecule has 0 bridgehead atoms. The molecule has 0 spiro atoms. The van der Waals surface area contributed by atoms with Gasteiger partial charge in [-0.25, -0.2) is 4.68 Å². The summed E-state index contributed by atoms with van der Waals surface area (Å²) in [6.07, 6.45) is 3.82. The first kappa shape index (κ1) is 21.4. The largest absolute Gasteiger partial charge is 0.349 e. The maximum absolute atomic E-state index is 12.9. The molecule has 1 saturated heterocycles. The Labute approximate surface area is 177 Å². The van der Waals surface area contributed by atoms with Crippen LogP contribution in [0, 0.1) is 5.41 Å². The van der Waals surface area contributed by atoms with Crippen LogP contribution in [0.15, 0.2) is 30.5 Å². The second-order valence-electron chi connectivity index (χ2n) is 8.54. The van der Waals surface area contributed by atoms with Gasteiger partial charge in [0.1, 0.15) is 0 Å². The van der Waals surface area contributed by atoms with Gasteiger partial charge >= 0.3 is 0 Å². The summed E-state index contributed by atoms with van der Waals surface area (Å²) in [5.41, 5.74) is 1.90. The quantitative estimate of drug-likeness (QED) is 0.822. The van der Waals surface area contributed by atoms with Gasteiger partial charge in [-0.2, -0.15) is 5.10 Å². The van der Waals surface area contributed by atoms with Crippen molar-refractivity contribution in [3.63, 3.8) is 0 Å². The molecule has 1 fully saturated rings. The Morgan fingerprint density at radius 2 is 1.93 bits per heavy atom. The van der Waals surface area contributed by atoms with E-state index < -0.39 is 0 Å². The molecule has 3 rings (SSSR count). The van der Waals surface area contributed by atoms with E-state index in [9.17, 15) is 9.59 Å². The summed E-state index contributed by atoms with van der Waals surface area (Å²) in [7, 11) is 0. The second kappa shape index (κ2) is 8.57. The van der Waals surface area contributed by atoms with Gasteiger partial charge in [0.05, 0.1) is 23.1 Å². The Bertz CT molecular complexity index is 892. The van der Waals surface area contributed by atoms with Crippen LogP contribution in [0.3, 0.4) is 0 Å². The predicted octanol–water partition coefficient (Wildman–Crippen LogP) is 3.86. The molecule has 2 aromatic rings. The van der Waals surface area contributed by atoms with Crippen LogP contribution in [0.5, 0.6) is 0 Å². The van der Waals surface area contributed by atoms with E-state index in [1.54, 1.807) is 10.9 Å². The van der Waals surface area contributed by atoms with Gasteiger partial charge in [-0.1, -0.05) is 45.4 Å². The maximum Gasteiger partial charge on any atom is 0.254 e. The minimum Gasteiger partial charge on any atom is -0.349 e. The Kier molecular flexibility index (Phi) is 6.32. The first-order valence-electron chi connectivity index (χ1n) is 10.1.